The lowest BCUT2D eigenvalue weighted by Crippen LogP contribution is -2.34. The molecule has 0 aromatic carbocycles. The molecule has 0 radical (unpaired) electrons. The summed E-state index contributed by atoms with van der Waals surface area (Å²) in [6.07, 6.45) is 4.28. The van der Waals surface area contributed by atoms with E-state index in [9.17, 15) is 5.11 Å². The van der Waals surface area contributed by atoms with E-state index < -0.39 is 6.10 Å². The molecule has 0 saturated carbocycles. The van der Waals surface area contributed by atoms with Crippen LogP contribution in [0.25, 0.3) is 0 Å². The van der Waals surface area contributed by atoms with Gasteiger partial charge in [-0.05, 0) is 32.4 Å². The van der Waals surface area contributed by atoms with Gasteiger partial charge in [-0.1, -0.05) is 6.92 Å². The minimum atomic E-state index is -0.456. The average Bonchev–Trinajstić information content (AvgIpc) is 2.72. The van der Waals surface area contributed by atoms with Crippen molar-refractivity contribution in [1.82, 2.24) is 4.57 Å². The van der Waals surface area contributed by atoms with Gasteiger partial charge in [0.25, 0.3) is 0 Å². The summed E-state index contributed by atoms with van der Waals surface area (Å²) in [6.45, 7) is 6.58. The number of hydrogen-bond donors (Lipinski definition) is 1. The number of hydrogen-bond acceptors (Lipinski definition) is 2. The summed E-state index contributed by atoms with van der Waals surface area (Å²) < 4.78 is 7.46. The van der Waals surface area contributed by atoms with Crippen molar-refractivity contribution in [3.05, 3.63) is 24.5 Å². The largest absolute Gasteiger partial charge is 0.388 e. The zero-order valence-electron chi connectivity index (χ0n) is 9.76. The topological polar surface area (TPSA) is 34.4 Å². The Hall–Kier alpha value is -0.800. The van der Waals surface area contributed by atoms with Gasteiger partial charge < -0.3 is 14.4 Å². The number of aromatic nitrogens is 1. The third-order valence-corrected chi connectivity index (χ3v) is 2.73. The molecule has 0 aliphatic carbocycles. The quantitative estimate of drug-likeness (QED) is 0.783. The molecule has 1 heterocycles. The predicted molar refractivity (Wildman–Crippen MR) is 60.9 cm³/mol. The van der Waals surface area contributed by atoms with Crippen LogP contribution in [0.1, 0.15) is 33.2 Å². The summed E-state index contributed by atoms with van der Waals surface area (Å²) in [7, 11) is 0. The molecule has 86 valence electrons. The first-order chi connectivity index (χ1) is 7.20. The van der Waals surface area contributed by atoms with E-state index in [1.165, 1.54) is 0 Å². The number of aliphatic hydroxyl groups excluding tert-OH is 1. The van der Waals surface area contributed by atoms with Gasteiger partial charge in [-0.15, -0.1) is 0 Å². The van der Waals surface area contributed by atoms with Crippen LogP contribution >= 0.6 is 0 Å². The third-order valence-electron chi connectivity index (χ3n) is 2.73. The van der Waals surface area contributed by atoms with E-state index in [0.29, 0.717) is 6.61 Å². The maximum Gasteiger partial charge on any atom is 0.100 e. The number of nitrogens with zero attached hydrogens (tertiary/aromatic N) is 1. The molecule has 15 heavy (non-hydrogen) atoms. The van der Waals surface area contributed by atoms with Crippen LogP contribution in [-0.2, 0) is 4.74 Å². The van der Waals surface area contributed by atoms with Crippen molar-refractivity contribution in [1.29, 1.82) is 0 Å². The summed E-state index contributed by atoms with van der Waals surface area (Å²) in [5.74, 6) is 0. The molecule has 3 nitrogen and oxygen atoms in total. The molecule has 0 saturated heterocycles. The molecule has 0 spiro atoms. The SMILES string of the molecule is CCO[C@@H](C)C(O)C(CC)n1cccc1. The highest BCUT2D eigenvalue weighted by Crippen LogP contribution is 2.20. The van der Waals surface area contributed by atoms with Crippen molar-refractivity contribution in [3.8, 4) is 0 Å². The summed E-state index contributed by atoms with van der Waals surface area (Å²) in [6, 6.07) is 4.04. The minimum Gasteiger partial charge on any atom is -0.388 e. The van der Waals surface area contributed by atoms with E-state index in [4.69, 9.17) is 4.74 Å². The Balaban J connectivity index is 2.66. The van der Waals surface area contributed by atoms with Gasteiger partial charge in [0.15, 0.2) is 0 Å². The summed E-state index contributed by atoms with van der Waals surface area (Å²) in [4.78, 5) is 0. The minimum absolute atomic E-state index is 0.0987. The van der Waals surface area contributed by atoms with Crippen LogP contribution in [0.3, 0.4) is 0 Å². The first-order valence-corrected chi connectivity index (χ1v) is 5.62. The second-order valence-electron chi connectivity index (χ2n) is 3.76. The monoisotopic (exact) mass is 211 g/mol. The molecule has 1 aromatic heterocycles. The molecule has 2 unspecified atom stereocenters. The second-order valence-corrected chi connectivity index (χ2v) is 3.76. The van der Waals surface area contributed by atoms with E-state index in [0.717, 1.165) is 6.42 Å². The lowest BCUT2D eigenvalue weighted by Gasteiger charge is -2.28. The normalized spacial score (nSPS) is 17.3. The molecule has 3 heteroatoms. The highest BCUT2D eigenvalue weighted by Gasteiger charge is 2.24. The van der Waals surface area contributed by atoms with Gasteiger partial charge in [-0.2, -0.15) is 0 Å². The molecular formula is C12H21NO2. The third kappa shape index (κ3) is 3.08. The summed E-state index contributed by atoms with van der Waals surface area (Å²) in [5, 5.41) is 10.1. The maximum atomic E-state index is 10.1. The predicted octanol–water partition coefficient (Wildman–Crippen LogP) is 2.23. The average molecular weight is 211 g/mol. The van der Waals surface area contributed by atoms with Crippen LogP contribution in [0.15, 0.2) is 24.5 Å². The Labute approximate surface area is 91.7 Å². The molecular weight excluding hydrogens is 190 g/mol. The van der Waals surface area contributed by atoms with Crippen LogP contribution in [0.4, 0.5) is 0 Å². The highest BCUT2D eigenvalue weighted by atomic mass is 16.5. The fraction of sp³-hybridized carbons (Fsp3) is 0.667. The van der Waals surface area contributed by atoms with Crippen LogP contribution in [-0.4, -0.2) is 28.5 Å². The van der Waals surface area contributed by atoms with E-state index in [1.54, 1.807) is 0 Å². The molecule has 0 bridgehead atoms. The molecule has 1 aromatic rings. The number of rotatable bonds is 6. The van der Waals surface area contributed by atoms with Gasteiger partial charge in [0.2, 0.25) is 0 Å². The molecule has 0 aliphatic heterocycles. The number of aliphatic hydroxyl groups is 1. The fourth-order valence-corrected chi connectivity index (χ4v) is 1.87. The van der Waals surface area contributed by atoms with Gasteiger partial charge >= 0.3 is 0 Å². The van der Waals surface area contributed by atoms with Crippen LogP contribution in [0.2, 0.25) is 0 Å². The van der Waals surface area contributed by atoms with Gasteiger partial charge in [-0.3, -0.25) is 0 Å². The zero-order valence-corrected chi connectivity index (χ0v) is 9.76. The fourth-order valence-electron chi connectivity index (χ4n) is 1.87. The Morgan fingerprint density at radius 1 is 1.27 bits per heavy atom. The van der Waals surface area contributed by atoms with Gasteiger partial charge in [-0.25, -0.2) is 0 Å². The number of ether oxygens (including phenoxy) is 1. The smallest absolute Gasteiger partial charge is 0.100 e. The lowest BCUT2D eigenvalue weighted by atomic mass is 10.0. The molecule has 0 fully saturated rings. The highest BCUT2D eigenvalue weighted by molar-refractivity contribution is 4.95. The van der Waals surface area contributed by atoms with Gasteiger partial charge in [0.05, 0.1) is 12.1 Å². The van der Waals surface area contributed by atoms with Crippen LogP contribution < -0.4 is 0 Å². The zero-order chi connectivity index (χ0) is 11.3. The molecule has 3 atom stereocenters. The van der Waals surface area contributed by atoms with Gasteiger partial charge in [0, 0.05) is 19.0 Å². The van der Waals surface area contributed by atoms with E-state index in [-0.39, 0.29) is 12.1 Å². The van der Waals surface area contributed by atoms with Crippen LogP contribution in [0.5, 0.6) is 0 Å². The summed E-state index contributed by atoms with van der Waals surface area (Å²) in [5.41, 5.74) is 0. The lowest BCUT2D eigenvalue weighted by molar-refractivity contribution is -0.0456. The first kappa shape index (κ1) is 12.3. The first-order valence-electron chi connectivity index (χ1n) is 5.62. The van der Waals surface area contributed by atoms with Gasteiger partial charge in [0.1, 0.15) is 6.10 Å². The van der Waals surface area contributed by atoms with E-state index in [1.807, 2.05) is 42.9 Å². The van der Waals surface area contributed by atoms with Crippen molar-refractivity contribution < 1.29 is 9.84 Å². The van der Waals surface area contributed by atoms with Crippen molar-refractivity contribution in [2.45, 2.75) is 45.4 Å². The Kier molecular flexibility index (Phi) is 4.85. The molecule has 0 amide bonds. The van der Waals surface area contributed by atoms with E-state index >= 15 is 0 Å². The standard InChI is InChI=1S/C12H21NO2/c1-4-11(13-8-6-7-9-13)12(14)10(3)15-5-2/h6-12,14H,4-5H2,1-3H3/t10-,11?,12?/m0/s1. The van der Waals surface area contributed by atoms with Crippen molar-refractivity contribution in [2.75, 3.05) is 6.61 Å². The Bertz CT molecular complexity index is 259. The molecule has 0 aliphatic rings. The molecule has 1 rings (SSSR count). The van der Waals surface area contributed by atoms with Crippen LogP contribution in [0, 0.1) is 0 Å². The van der Waals surface area contributed by atoms with Crippen molar-refractivity contribution >= 4 is 0 Å². The maximum absolute atomic E-state index is 10.1. The van der Waals surface area contributed by atoms with Crippen molar-refractivity contribution in [2.24, 2.45) is 0 Å². The van der Waals surface area contributed by atoms with E-state index in [2.05, 4.69) is 6.92 Å². The Morgan fingerprint density at radius 2 is 1.87 bits per heavy atom. The second kappa shape index (κ2) is 5.93. The summed E-state index contributed by atoms with van der Waals surface area (Å²) >= 11 is 0. The Morgan fingerprint density at radius 3 is 2.33 bits per heavy atom. The van der Waals surface area contributed by atoms with Crippen molar-refractivity contribution in [3.63, 3.8) is 0 Å². The molecule has 1 N–H and O–H groups in total.